The molecule has 0 bridgehead atoms. The average molecular weight is 480 g/mol. The molecule has 3 aromatic rings. The van der Waals surface area contributed by atoms with Crippen molar-refractivity contribution < 1.29 is 38.4 Å². The molecular formula is C24H30ClNO7. The van der Waals surface area contributed by atoms with Crippen LogP contribution in [0.5, 0.6) is 5.75 Å². The summed E-state index contributed by atoms with van der Waals surface area (Å²) in [4.78, 5) is 15.4. The highest BCUT2D eigenvalue weighted by molar-refractivity contribution is 5.85. The molecule has 33 heavy (non-hydrogen) atoms. The highest BCUT2D eigenvalue weighted by atomic mass is 35.7. The molecular weight excluding hydrogens is 450 g/mol. The van der Waals surface area contributed by atoms with Crippen molar-refractivity contribution in [3.63, 3.8) is 0 Å². The Bertz CT molecular complexity index is 1080. The first-order valence-electron chi connectivity index (χ1n) is 10.5. The Morgan fingerprint density at radius 2 is 1.52 bits per heavy atom. The van der Waals surface area contributed by atoms with Gasteiger partial charge in [-0.15, -0.1) is 0 Å². The lowest BCUT2D eigenvalue weighted by atomic mass is 10.0. The Hall–Kier alpha value is -2.46. The van der Waals surface area contributed by atoms with Crippen LogP contribution in [-0.2, 0) is 6.54 Å². The second-order valence-corrected chi connectivity index (χ2v) is 9.45. The smallest absolute Gasteiger partial charge is 0.200 e. The molecule has 0 amide bonds. The summed E-state index contributed by atoms with van der Waals surface area (Å²) in [5.74, 6) is 1.18. The maximum absolute atomic E-state index is 13.1. The Kier molecular flexibility index (Phi) is 9.42. The van der Waals surface area contributed by atoms with Gasteiger partial charge in [0.05, 0.1) is 31.4 Å². The first-order valence-corrected chi connectivity index (χ1v) is 11.8. The lowest BCUT2D eigenvalue weighted by Gasteiger charge is -2.26. The van der Waals surface area contributed by atoms with Crippen molar-refractivity contribution in [3.05, 3.63) is 64.5 Å². The third-order valence-corrected chi connectivity index (χ3v) is 4.73. The molecule has 0 aliphatic carbocycles. The zero-order valence-electron chi connectivity index (χ0n) is 19.2. The lowest BCUT2D eigenvalue weighted by molar-refractivity contribution is -1.92. The van der Waals surface area contributed by atoms with Crippen LogP contribution in [0.25, 0.3) is 22.1 Å². The van der Waals surface area contributed by atoms with Crippen LogP contribution in [-0.4, -0.2) is 27.8 Å². The number of phenols is 1. The number of hydrogen-bond donors (Lipinski definition) is 2. The zero-order valence-corrected chi connectivity index (χ0v) is 19.9. The zero-order chi connectivity index (χ0) is 24.8. The summed E-state index contributed by atoms with van der Waals surface area (Å²) in [5.41, 5.74) is 2.44. The molecule has 2 N–H and O–H groups in total. The maximum Gasteiger partial charge on any atom is 0.200 e. The minimum absolute atomic E-state index is 0.0760. The molecule has 0 atom stereocenters. The largest absolute Gasteiger partial charge is 0.507 e. The molecule has 3 rings (SSSR count). The molecule has 0 fully saturated rings. The van der Waals surface area contributed by atoms with Crippen LogP contribution in [0.1, 0.15) is 33.3 Å². The quantitative estimate of drug-likeness (QED) is 0.513. The number of fused-ring (bicyclic) bond motifs is 1. The highest BCUT2D eigenvalue weighted by Gasteiger charge is 2.18. The van der Waals surface area contributed by atoms with Gasteiger partial charge in [-0.05, 0) is 29.5 Å². The number of aromatic hydroxyl groups is 1. The van der Waals surface area contributed by atoms with Gasteiger partial charge in [0.15, 0.2) is 0 Å². The van der Waals surface area contributed by atoms with Crippen LogP contribution in [0.15, 0.2) is 57.9 Å². The Morgan fingerprint density at radius 1 is 0.970 bits per heavy atom. The molecule has 0 saturated heterocycles. The third kappa shape index (κ3) is 8.43. The molecule has 0 unspecified atom stereocenters. The number of benzene rings is 2. The molecule has 180 valence electrons. The topological polar surface area (TPSA) is 143 Å². The third-order valence-electron chi connectivity index (χ3n) is 4.73. The van der Waals surface area contributed by atoms with E-state index in [0.29, 0.717) is 40.5 Å². The van der Waals surface area contributed by atoms with E-state index in [1.54, 1.807) is 12.1 Å². The molecule has 2 aromatic carbocycles. The van der Waals surface area contributed by atoms with Gasteiger partial charge in [0.1, 0.15) is 17.6 Å². The van der Waals surface area contributed by atoms with E-state index in [4.69, 9.17) is 23.1 Å². The molecule has 1 aromatic heterocycles. The molecule has 0 spiro atoms. The van der Waals surface area contributed by atoms with Crippen molar-refractivity contribution in [2.24, 2.45) is 11.8 Å². The predicted molar refractivity (Wildman–Crippen MR) is 117 cm³/mol. The normalized spacial score (nSPS) is 11.8. The predicted octanol–water partition coefficient (Wildman–Crippen LogP) is 1.16. The Labute approximate surface area is 195 Å². The van der Waals surface area contributed by atoms with Crippen molar-refractivity contribution >= 4 is 11.0 Å². The number of rotatable bonds is 7. The minimum atomic E-state index is -4.69. The van der Waals surface area contributed by atoms with E-state index in [2.05, 4.69) is 32.6 Å². The summed E-state index contributed by atoms with van der Waals surface area (Å²) >= 11 is 0. The first-order chi connectivity index (χ1) is 15.4. The van der Waals surface area contributed by atoms with E-state index < -0.39 is 10.2 Å². The standard InChI is InChI=1S/C24H29NO3.ClHO4/c1-16(2)12-25(13-17(3)4)14-20-22(26)11-10-19-23(27)21(15-28-24(19)20)18-8-6-5-7-9-18;2-1(3,4)5/h5-11,15-17,26H,12-14H2,1-4H3;(H,2,3,4,5). The van der Waals surface area contributed by atoms with Gasteiger partial charge in [0, 0.05) is 19.6 Å². The minimum Gasteiger partial charge on any atom is -0.507 e. The Morgan fingerprint density at radius 3 is 2.03 bits per heavy atom. The summed E-state index contributed by atoms with van der Waals surface area (Å²) in [6.45, 7) is 11.1. The van der Waals surface area contributed by atoms with Crippen LogP contribution >= 0.6 is 0 Å². The fourth-order valence-corrected chi connectivity index (χ4v) is 3.68. The van der Waals surface area contributed by atoms with E-state index in [1.165, 1.54) is 6.26 Å². The summed E-state index contributed by atoms with van der Waals surface area (Å²) < 4.78 is 38.6. The fourth-order valence-electron chi connectivity index (χ4n) is 3.68. The van der Waals surface area contributed by atoms with Gasteiger partial charge in [0.25, 0.3) is 0 Å². The van der Waals surface area contributed by atoms with Gasteiger partial charge in [-0.3, -0.25) is 9.69 Å². The van der Waals surface area contributed by atoms with Gasteiger partial charge in [-0.2, -0.15) is 14.0 Å². The van der Waals surface area contributed by atoms with Gasteiger partial charge in [0.2, 0.25) is 5.43 Å². The molecule has 0 aliphatic rings. The summed E-state index contributed by atoms with van der Waals surface area (Å²) in [6, 6.07) is 12.8. The van der Waals surface area contributed by atoms with Crippen molar-refractivity contribution in [2.75, 3.05) is 13.1 Å². The number of nitrogens with zero attached hydrogens (tertiary/aromatic N) is 1. The van der Waals surface area contributed by atoms with Crippen LogP contribution in [0.2, 0.25) is 0 Å². The van der Waals surface area contributed by atoms with Crippen molar-refractivity contribution in [1.82, 2.24) is 4.90 Å². The molecule has 8 nitrogen and oxygen atoms in total. The van der Waals surface area contributed by atoms with E-state index in [1.807, 2.05) is 30.3 Å². The first kappa shape index (κ1) is 26.8. The Balaban J connectivity index is 0.000000696. The van der Waals surface area contributed by atoms with Crippen LogP contribution in [0.3, 0.4) is 0 Å². The average Bonchev–Trinajstić information content (AvgIpc) is 2.69. The molecule has 0 radical (unpaired) electrons. The summed E-state index contributed by atoms with van der Waals surface area (Å²) in [5, 5.41) is 11.0. The molecule has 0 aliphatic heterocycles. The van der Waals surface area contributed by atoms with Crippen molar-refractivity contribution in [3.8, 4) is 16.9 Å². The van der Waals surface area contributed by atoms with Gasteiger partial charge < -0.3 is 9.52 Å². The van der Waals surface area contributed by atoms with E-state index in [9.17, 15) is 9.90 Å². The van der Waals surface area contributed by atoms with Gasteiger partial charge in [-0.25, -0.2) is 0 Å². The lowest BCUT2D eigenvalue weighted by Crippen LogP contribution is -2.58. The molecule has 1 heterocycles. The van der Waals surface area contributed by atoms with E-state index in [-0.39, 0.29) is 11.2 Å². The highest BCUT2D eigenvalue weighted by Crippen LogP contribution is 2.29. The summed E-state index contributed by atoms with van der Waals surface area (Å²) in [7, 11) is -4.69. The molecule has 9 heteroatoms. The van der Waals surface area contributed by atoms with Gasteiger partial charge in [-0.1, -0.05) is 58.0 Å². The number of hydrogen-bond acceptors (Lipinski definition) is 8. The van der Waals surface area contributed by atoms with E-state index >= 15 is 0 Å². The number of phenolic OH excluding ortho intramolecular Hbond substituents is 1. The van der Waals surface area contributed by atoms with Crippen LogP contribution in [0.4, 0.5) is 0 Å². The fraction of sp³-hybridized carbons (Fsp3) is 0.375. The SMILES string of the molecule is CC(C)CN(Cc1c(O)ccc2c(=O)c(-c3ccccc3)coc12)CC(C)C.[O-][Cl+3]([O-])([O-])O. The second kappa shape index (κ2) is 11.6. The number of halogens is 1. The van der Waals surface area contributed by atoms with Crippen LogP contribution < -0.4 is 19.4 Å². The summed E-state index contributed by atoms with van der Waals surface area (Å²) in [6.07, 6.45) is 1.51. The molecule has 0 saturated carbocycles. The van der Waals surface area contributed by atoms with Crippen LogP contribution in [0, 0.1) is 22.1 Å². The van der Waals surface area contributed by atoms with E-state index in [0.717, 1.165) is 18.7 Å². The second-order valence-electron chi connectivity index (χ2n) is 8.66. The van der Waals surface area contributed by atoms with Crippen molar-refractivity contribution in [2.45, 2.75) is 34.2 Å². The monoisotopic (exact) mass is 479 g/mol. The van der Waals surface area contributed by atoms with Gasteiger partial charge >= 0.3 is 0 Å². The van der Waals surface area contributed by atoms with Crippen molar-refractivity contribution in [1.29, 1.82) is 0 Å². The maximum atomic E-state index is 13.1.